The summed E-state index contributed by atoms with van der Waals surface area (Å²) in [6.07, 6.45) is 6.24. The van der Waals surface area contributed by atoms with Crippen LogP contribution in [0, 0.1) is 6.92 Å². The largest absolute Gasteiger partial charge is 0.493 e. The number of allylic oxidation sites excluding steroid dienone is 1. The molecule has 0 spiro atoms. The average molecular weight is 311 g/mol. The Morgan fingerprint density at radius 1 is 1.09 bits per heavy atom. The molecule has 5 nitrogen and oxygen atoms in total. The van der Waals surface area contributed by atoms with Crippen LogP contribution in [-0.4, -0.2) is 24.2 Å². The van der Waals surface area contributed by atoms with Gasteiger partial charge >= 0.3 is 0 Å². The first-order valence-electron chi connectivity index (χ1n) is 7.70. The van der Waals surface area contributed by atoms with Crippen molar-refractivity contribution < 1.29 is 9.47 Å². The van der Waals surface area contributed by atoms with E-state index in [0.29, 0.717) is 11.5 Å². The zero-order valence-corrected chi connectivity index (χ0v) is 13.7. The average Bonchev–Trinajstić information content (AvgIpc) is 2.61. The Balaban J connectivity index is 1.99. The number of nitrogens with zero attached hydrogens (tertiary/aromatic N) is 2. The Morgan fingerprint density at radius 3 is 2.61 bits per heavy atom. The van der Waals surface area contributed by atoms with Crippen molar-refractivity contribution in [3.8, 4) is 22.8 Å². The first kappa shape index (κ1) is 15.3. The van der Waals surface area contributed by atoms with Crippen molar-refractivity contribution in [2.75, 3.05) is 14.2 Å². The first-order chi connectivity index (χ1) is 11.2. The zero-order chi connectivity index (χ0) is 16.2. The molecule has 0 saturated heterocycles. The Hall–Kier alpha value is -2.56. The maximum absolute atomic E-state index is 5.39. The van der Waals surface area contributed by atoms with E-state index in [1.165, 1.54) is 0 Å². The molecule has 0 fully saturated rings. The summed E-state index contributed by atoms with van der Waals surface area (Å²) in [5, 5.41) is 3.37. The fourth-order valence-corrected chi connectivity index (χ4v) is 2.76. The predicted molar refractivity (Wildman–Crippen MR) is 89.6 cm³/mol. The van der Waals surface area contributed by atoms with E-state index in [0.717, 1.165) is 35.6 Å². The number of rotatable bonds is 4. The number of methoxy groups -OCH3 is 2. The molecule has 1 aliphatic rings. The number of nitrogens with one attached hydrogen (secondary N) is 1. The number of aryl methyl sites for hydroxylation is 1. The van der Waals surface area contributed by atoms with Crippen LogP contribution in [0.3, 0.4) is 0 Å². The second kappa shape index (κ2) is 6.69. The van der Waals surface area contributed by atoms with Gasteiger partial charge in [0.05, 0.1) is 31.6 Å². The van der Waals surface area contributed by atoms with Crippen molar-refractivity contribution in [1.29, 1.82) is 0 Å². The van der Waals surface area contributed by atoms with Gasteiger partial charge in [0.1, 0.15) is 5.82 Å². The van der Waals surface area contributed by atoms with Gasteiger partial charge < -0.3 is 14.8 Å². The van der Waals surface area contributed by atoms with Gasteiger partial charge in [0.25, 0.3) is 0 Å². The van der Waals surface area contributed by atoms with E-state index in [1.807, 2.05) is 37.4 Å². The lowest BCUT2D eigenvalue weighted by atomic mass is 10.0. The van der Waals surface area contributed by atoms with E-state index in [-0.39, 0.29) is 6.04 Å². The van der Waals surface area contributed by atoms with E-state index >= 15 is 0 Å². The second-order valence-corrected chi connectivity index (χ2v) is 5.49. The maximum atomic E-state index is 5.39. The lowest BCUT2D eigenvalue weighted by Crippen LogP contribution is -2.20. The maximum Gasteiger partial charge on any atom is 0.161 e. The topological polar surface area (TPSA) is 56.3 Å². The van der Waals surface area contributed by atoms with Gasteiger partial charge in [0.15, 0.2) is 11.5 Å². The molecule has 0 aliphatic carbocycles. The van der Waals surface area contributed by atoms with E-state index in [2.05, 4.69) is 21.4 Å². The molecule has 2 heterocycles. The molecule has 0 amide bonds. The summed E-state index contributed by atoms with van der Waals surface area (Å²) in [7, 11) is 3.27. The van der Waals surface area contributed by atoms with Gasteiger partial charge in [-0.3, -0.25) is 0 Å². The molecule has 3 rings (SSSR count). The minimum absolute atomic E-state index is 0.237. The van der Waals surface area contributed by atoms with Gasteiger partial charge in [-0.1, -0.05) is 6.08 Å². The summed E-state index contributed by atoms with van der Waals surface area (Å²) in [6, 6.07) is 8.11. The lowest BCUT2D eigenvalue weighted by molar-refractivity contribution is 0.355. The standard InChI is InChI=1S/C18H21N3O2/c1-12-20-15(11-16(21-12)14-6-4-5-9-19-14)13-7-8-17(22-2)18(10-13)23-3/h5,7-11,14,19H,4,6H2,1-3H3. The van der Waals surface area contributed by atoms with Crippen LogP contribution in [0.4, 0.5) is 0 Å². The van der Waals surface area contributed by atoms with Gasteiger partial charge in [-0.25, -0.2) is 9.97 Å². The van der Waals surface area contributed by atoms with Crippen LogP contribution in [0.1, 0.15) is 30.4 Å². The van der Waals surface area contributed by atoms with E-state index < -0.39 is 0 Å². The van der Waals surface area contributed by atoms with Gasteiger partial charge in [0.2, 0.25) is 0 Å². The van der Waals surface area contributed by atoms with Crippen LogP contribution in [0.15, 0.2) is 36.5 Å². The van der Waals surface area contributed by atoms with Crippen molar-refractivity contribution in [3.05, 3.63) is 48.1 Å². The van der Waals surface area contributed by atoms with Crippen LogP contribution >= 0.6 is 0 Å². The quantitative estimate of drug-likeness (QED) is 0.938. The first-order valence-corrected chi connectivity index (χ1v) is 7.70. The molecule has 1 N–H and O–H groups in total. The predicted octanol–water partition coefficient (Wildman–Crippen LogP) is 3.41. The molecule has 1 aromatic carbocycles. The molecular formula is C18H21N3O2. The van der Waals surface area contributed by atoms with Gasteiger partial charge in [-0.05, 0) is 50.2 Å². The second-order valence-electron chi connectivity index (χ2n) is 5.49. The Kier molecular flexibility index (Phi) is 4.46. The number of ether oxygens (including phenoxy) is 2. The highest BCUT2D eigenvalue weighted by Gasteiger charge is 2.16. The number of benzene rings is 1. The third-order valence-electron chi connectivity index (χ3n) is 3.93. The van der Waals surface area contributed by atoms with Gasteiger partial charge in [-0.2, -0.15) is 0 Å². The molecule has 0 radical (unpaired) electrons. The fraction of sp³-hybridized carbons (Fsp3) is 0.333. The van der Waals surface area contributed by atoms with E-state index in [4.69, 9.17) is 9.47 Å². The summed E-state index contributed by atoms with van der Waals surface area (Å²) in [5.74, 6) is 2.17. The van der Waals surface area contributed by atoms with Crippen molar-refractivity contribution in [3.63, 3.8) is 0 Å². The molecule has 2 aromatic rings. The molecule has 0 saturated carbocycles. The van der Waals surface area contributed by atoms with Crippen molar-refractivity contribution in [2.24, 2.45) is 0 Å². The fourth-order valence-electron chi connectivity index (χ4n) is 2.76. The number of hydrogen-bond donors (Lipinski definition) is 1. The molecule has 23 heavy (non-hydrogen) atoms. The van der Waals surface area contributed by atoms with Gasteiger partial charge in [0, 0.05) is 5.56 Å². The highest BCUT2D eigenvalue weighted by Crippen LogP contribution is 2.32. The molecule has 1 unspecified atom stereocenters. The molecule has 120 valence electrons. The van der Waals surface area contributed by atoms with Crippen LogP contribution in [-0.2, 0) is 0 Å². The number of aromatic nitrogens is 2. The SMILES string of the molecule is COc1ccc(-c2cc(C3CCC=CN3)nc(C)n2)cc1OC. The zero-order valence-electron chi connectivity index (χ0n) is 13.7. The van der Waals surface area contributed by atoms with Crippen molar-refractivity contribution in [2.45, 2.75) is 25.8 Å². The Morgan fingerprint density at radius 2 is 1.91 bits per heavy atom. The Labute approximate surface area is 136 Å². The highest BCUT2D eigenvalue weighted by molar-refractivity contribution is 5.64. The summed E-state index contributed by atoms with van der Waals surface area (Å²) < 4.78 is 10.7. The molecule has 5 heteroatoms. The molecule has 1 aromatic heterocycles. The summed E-state index contributed by atoms with van der Waals surface area (Å²) in [5.41, 5.74) is 2.90. The normalized spacial score (nSPS) is 16.7. The summed E-state index contributed by atoms with van der Waals surface area (Å²) in [6.45, 7) is 1.92. The van der Waals surface area contributed by atoms with Crippen LogP contribution < -0.4 is 14.8 Å². The lowest BCUT2D eigenvalue weighted by Gasteiger charge is -2.20. The molecule has 0 bridgehead atoms. The van der Waals surface area contributed by atoms with Crippen molar-refractivity contribution >= 4 is 0 Å². The molecular weight excluding hydrogens is 290 g/mol. The van der Waals surface area contributed by atoms with E-state index in [9.17, 15) is 0 Å². The van der Waals surface area contributed by atoms with Crippen LogP contribution in [0.5, 0.6) is 11.5 Å². The van der Waals surface area contributed by atoms with Crippen LogP contribution in [0.25, 0.3) is 11.3 Å². The van der Waals surface area contributed by atoms with Gasteiger partial charge in [-0.15, -0.1) is 0 Å². The smallest absolute Gasteiger partial charge is 0.161 e. The van der Waals surface area contributed by atoms with E-state index in [1.54, 1.807) is 14.2 Å². The molecule has 1 aliphatic heterocycles. The third kappa shape index (κ3) is 3.28. The Bertz CT molecular complexity index is 728. The highest BCUT2D eigenvalue weighted by atomic mass is 16.5. The minimum atomic E-state index is 0.237. The van der Waals surface area contributed by atoms with Crippen LogP contribution in [0.2, 0.25) is 0 Å². The summed E-state index contributed by atoms with van der Waals surface area (Å²) in [4.78, 5) is 9.17. The van der Waals surface area contributed by atoms with Crippen molar-refractivity contribution in [1.82, 2.24) is 15.3 Å². The third-order valence-corrected chi connectivity index (χ3v) is 3.93. The monoisotopic (exact) mass is 311 g/mol. The molecule has 1 atom stereocenters. The number of hydrogen-bond acceptors (Lipinski definition) is 5. The minimum Gasteiger partial charge on any atom is -0.493 e. The summed E-state index contributed by atoms with van der Waals surface area (Å²) >= 11 is 0.